The van der Waals surface area contributed by atoms with E-state index in [-0.39, 0.29) is 46.9 Å². The number of aromatic nitrogens is 1. The number of benzene rings is 4. The minimum absolute atomic E-state index is 0.00502. The smallest absolute Gasteiger partial charge is 0.408 e. The maximum atomic E-state index is 15.2. The van der Waals surface area contributed by atoms with Crippen LogP contribution in [-0.4, -0.2) is 76.0 Å². The molecule has 2 heterocycles. The van der Waals surface area contributed by atoms with Crippen LogP contribution in [0.5, 0.6) is 17.2 Å². The van der Waals surface area contributed by atoms with Gasteiger partial charge in [0.05, 0.1) is 56.1 Å². The van der Waals surface area contributed by atoms with Crippen molar-refractivity contribution < 1.29 is 42.9 Å². The van der Waals surface area contributed by atoms with E-state index in [1.165, 1.54) is 19.2 Å². The third-order valence-corrected chi connectivity index (χ3v) is 18.5. The molecule has 0 spiro atoms. The number of alkyl carbamates (subject to hydrolysis) is 1. The van der Waals surface area contributed by atoms with Crippen molar-refractivity contribution in [2.24, 2.45) is 0 Å². The molecule has 0 unspecified atom stereocenters. The Morgan fingerprint density at radius 2 is 1.47 bits per heavy atom. The summed E-state index contributed by atoms with van der Waals surface area (Å²) >= 11 is 13.4. The summed E-state index contributed by atoms with van der Waals surface area (Å²) in [5.41, 5.74) is 3.61. The van der Waals surface area contributed by atoms with Gasteiger partial charge in [-0.2, -0.15) is 0 Å². The Balaban J connectivity index is 1.69. The molecule has 0 saturated carbocycles. The lowest BCUT2D eigenvalue weighted by atomic mass is 9.95. The van der Waals surface area contributed by atoms with Gasteiger partial charge in [0.25, 0.3) is 0 Å². The first kappa shape index (κ1) is 49.9. The Hall–Kier alpha value is -5.54. The van der Waals surface area contributed by atoms with Crippen molar-refractivity contribution >= 4 is 71.3 Å². The molecule has 0 saturated heterocycles. The van der Waals surface area contributed by atoms with Gasteiger partial charge in [-0.3, -0.25) is 19.0 Å². The first-order chi connectivity index (χ1) is 31.4. The molecule has 4 aromatic carbocycles. The minimum Gasteiger partial charge on any atom is -0.494 e. The van der Waals surface area contributed by atoms with E-state index >= 15 is 9.59 Å². The number of carbonyl (C=O) groups excluding carboxylic acids is 4. The van der Waals surface area contributed by atoms with E-state index in [1.807, 2.05) is 54.6 Å². The van der Waals surface area contributed by atoms with Gasteiger partial charge in [0.15, 0.2) is 17.2 Å². The number of nitrogens with one attached hydrogen (secondary N) is 3. The van der Waals surface area contributed by atoms with Crippen LogP contribution in [-0.2, 0) is 32.1 Å². The molecule has 6 rings (SSSR count). The number of methoxy groups -OCH3 is 3. The summed E-state index contributed by atoms with van der Waals surface area (Å²) in [5, 5.41) is 10.7. The zero-order valence-corrected chi connectivity index (χ0v) is 41.8. The highest BCUT2D eigenvalue weighted by atomic mass is 35.5. The number of rotatable bonds is 13. The van der Waals surface area contributed by atoms with E-state index in [0.29, 0.717) is 28.1 Å². The number of fused-ring (bicyclic) bond motifs is 4. The molecule has 66 heavy (non-hydrogen) atoms. The zero-order chi connectivity index (χ0) is 48.1. The lowest BCUT2D eigenvalue weighted by Gasteiger charge is -2.32. The second-order valence-corrected chi connectivity index (χ2v) is 23.5. The maximum Gasteiger partial charge on any atom is 0.408 e. The molecule has 352 valence electrons. The summed E-state index contributed by atoms with van der Waals surface area (Å²) in [5.74, 6) is -0.507. The van der Waals surface area contributed by atoms with Crippen molar-refractivity contribution in [3.63, 3.8) is 0 Å². The Kier molecular flexibility index (Phi) is 15.8. The van der Waals surface area contributed by atoms with Crippen LogP contribution in [0.3, 0.4) is 0 Å². The standard InChI is InChI=1S/C50H60Cl2N4O9Si/c1-11-66(12-2,13-3)48-36-26-39(54-49(60)65-50(5,6)7)46(58)55-43(33-23-37(51)45(63-10)38(52)24-33)47(59)53-40(28-64-27-30-17-15-14-16-18-30)32-22-34(44(62-9)42(25-32)61-8)31-19-20-41(35(36)21-31)56(48)29(4)57/h14-25,39-40,43H,11-13,26-28H2,1-10H3,(H,53,59)(H,54,60)(H,55,58)/t39-,40+,43-/m1/s1. The van der Waals surface area contributed by atoms with Gasteiger partial charge in [0.1, 0.15) is 25.8 Å². The molecule has 3 amide bonds. The van der Waals surface area contributed by atoms with Gasteiger partial charge in [-0.1, -0.05) is 98.5 Å². The van der Waals surface area contributed by atoms with E-state index in [0.717, 1.165) is 45.5 Å². The highest BCUT2D eigenvalue weighted by Crippen LogP contribution is 2.43. The molecule has 0 aliphatic carbocycles. The molecule has 16 heteroatoms. The van der Waals surface area contributed by atoms with E-state index in [9.17, 15) is 9.59 Å². The summed E-state index contributed by atoms with van der Waals surface area (Å²) in [7, 11) is 2.01. The number of hydrogen-bond acceptors (Lipinski definition) is 9. The molecule has 0 radical (unpaired) electrons. The zero-order valence-electron chi connectivity index (χ0n) is 39.3. The van der Waals surface area contributed by atoms with Gasteiger partial charge in [0, 0.05) is 29.6 Å². The molecule has 5 aromatic rings. The van der Waals surface area contributed by atoms with Gasteiger partial charge in [-0.15, -0.1) is 0 Å². The van der Waals surface area contributed by atoms with Crippen molar-refractivity contribution in [2.45, 2.75) is 103 Å². The van der Waals surface area contributed by atoms with Crippen molar-refractivity contribution in [3.8, 4) is 28.4 Å². The molecule has 4 bridgehead atoms. The highest BCUT2D eigenvalue weighted by Gasteiger charge is 2.40. The van der Waals surface area contributed by atoms with Crippen LogP contribution in [0.2, 0.25) is 28.2 Å². The van der Waals surface area contributed by atoms with Crippen LogP contribution in [0.4, 0.5) is 4.79 Å². The van der Waals surface area contributed by atoms with E-state index in [1.54, 1.807) is 52.5 Å². The lowest BCUT2D eigenvalue weighted by Crippen LogP contribution is -2.55. The monoisotopic (exact) mass is 958 g/mol. The molecular formula is C50H60Cl2N4O9Si. The SMILES string of the molecule is CC[Si](CC)(CC)c1c2c3cc(ccc3n1C(C)=O)-c1cc(cc(OC)c1OC)[C@H](COCc1ccccc1)NC(=O)[C@@H](c1cc(Cl)c(OC)c(Cl)c1)NC(=O)[C@H](NC(=O)OC(C)(C)C)C2. The van der Waals surface area contributed by atoms with E-state index < -0.39 is 49.7 Å². The fourth-order valence-corrected chi connectivity index (χ4v) is 13.8. The highest BCUT2D eigenvalue weighted by molar-refractivity contribution is 6.92. The first-order valence-corrected chi connectivity index (χ1v) is 25.5. The number of ether oxygens (including phenoxy) is 5. The van der Waals surface area contributed by atoms with Crippen LogP contribution in [0.25, 0.3) is 22.0 Å². The minimum atomic E-state index is -2.50. The number of hydrogen-bond donors (Lipinski definition) is 3. The van der Waals surface area contributed by atoms with Crippen LogP contribution in [0.15, 0.2) is 72.8 Å². The molecular weight excluding hydrogens is 900 g/mol. The Bertz CT molecular complexity index is 2580. The predicted octanol–water partition coefficient (Wildman–Crippen LogP) is 9.70. The van der Waals surface area contributed by atoms with Gasteiger partial charge in [0.2, 0.25) is 17.7 Å². The average Bonchev–Trinajstić information content (AvgIpc) is 3.60. The summed E-state index contributed by atoms with van der Waals surface area (Å²) in [6, 6.07) is 21.0. The van der Waals surface area contributed by atoms with Crippen molar-refractivity contribution in [1.82, 2.24) is 20.5 Å². The second kappa shape index (κ2) is 21.0. The Morgan fingerprint density at radius 3 is 2.05 bits per heavy atom. The molecule has 13 nitrogen and oxygen atoms in total. The number of amides is 3. The molecule has 1 aliphatic rings. The normalized spacial score (nSPS) is 16.8. The van der Waals surface area contributed by atoms with E-state index in [4.69, 9.17) is 46.9 Å². The quantitative estimate of drug-likeness (QED) is 0.0979. The Labute approximate surface area is 397 Å². The van der Waals surface area contributed by atoms with Crippen LogP contribution >= 0.6 is 23.2 Å². The third-order valence-electron chi connectivity index (χ3n) is 12.4. The summed E-state index contributed by atoms with van der Waals surface area (Å²) < 4.78 is 31.3. The topological polar surface area (TPSA) is 155 Å². The Morgan fingerprint density at radius 1 is 0.818 bits per heavy atom. The summed E-state index contributed by atoms with van der Waals surface area (Å²) in [4.78, 5) is 58.1. The molecule has 1 aromatic heterocycles. The third kappa shape index (κ3) is 10.5. The second-order valence-electron chi connectivity index (χ2n) is 17.5. The van der Waals surface area contributed by atoms with Crippen LogP contribution in [0, 0.1) is 0 Å². The van der Waals surface area contributed by atoms with Gasteiger partial charge < -0.3 is 39.6 Å². The largest absolute Gasteiger partial charge is 0.494 e. The molecule has 3 N–H and O–H groups in total. The fraction of sp³-hybridized carbons (Fsp3) is 0.400. The summed E-state index contributed by atoms with van der Waals surface area (Å²) in [6.45, 7) is 13.4. The molecule has 3 atom stereocenters. The van der Waals surface area contributed by atoms with Gasteiger partial charge in [-0.25, -0.2) is 4.79 Å². The first-order valence-electron chi connectivity index (χ1n) is 22.1. The van der Waals surface area contributed by atoms with Crippen LogP contribution < -0.4 is 35.5 Å². The fourth-order valence-electron chi connectivity index (χ4n) is 8.96. The van der Waals surface area contributed by atoms with E-state index in [2.05, 4.69) is 36.7 Å². The lowest BCUT2D eigenvalue weighted by molar-refractivity contribution is -0.130. The van der Waals surface area contributed by atoms with Gasteiger partial charge >= 0.3 is 6.09 Å². The maximum absolute atomic E-state index is 15.2. The molecule has 1 aliphatic heterocycles. The average molecular weight is 960 g/mol. The number of halogens is 2. The number of carbonyl (C=O) groups is 4. The number of nitrogens with zero attached hydrogens (tertiary/aromatic N) is 1. The predicted molar refractivity (Wildman–Crippen MR) is 261 cm³/mol. The van der Waals surface area contributed by atoms with Crippen LogP contribution in [0.1, 0.15) is 87.6 Å². The van der Waals surface area contributed by atoms with Crippen molar-refractivity contribution in [2.75, 3.05) is 27.9 Å². The summed E-state index contributed by atoms with van der Waals surface area (Å²) in [6.07, 6.45) is -0.910. The van der Waals surface area contributed by atoms with Crippen molar-refractivity contribution in [1.29, 1.82) is 0 Å². The van der Waals surface area contributed by atoms with Gasteiger partial charge in [-0.05, 0) is 85.0 Å². The molecule has 0 fully saturated rings. The van der Waals surface area contributed by atoms with Crippen molar-refractivity contribution in [3.05, 3.63) is 105 Å².